The van der Waals surface area contributed by atoms with Gasteiger partial charge in [-0.15, -0.1) is 0 Å². The van der Waals surface area contributed by atoms with Crippen molar-refractivity contribution in [3.8, 4) is 0 Å². The number of rotatable bonds is 10. The van der Waals surface area contributed by atoms with E-state index in [4.69, 9.17) is 14.2 Å². The Morgan fingerprint density at radius 3 is 2.39 bits per heavy atom. The number of carbonyl (C=O) groups is 2. The van der Waals surface area contributed by atoms with Crippen molar-refractivity contribution in [2.24, 2.45) is 0 Å². The summed E-state index contributed by atoms with van der Waals surface area (Å²) in [6.45, 7) is 4.92. The van der Waals surface area contributed by atoms with E-state index < -0.39 is 18.4 Å². The van der Waals surface area contributed by atoms with E-state index in [1.165, 1.54) is 13.8 Å². The fourth-order valence-corrected chi connectivity index (χ4v) is 5.06. The van der Waals surface area contributed by atoms with Crippen molar-refractivity contribution in [3.63, 3.8) is 0 Å². The highest BCUT2D eigenvalue weighted by Gasteiger charge is 2.35. The van der Waals surface area contributed by atoms with Gasteiger partial charge < -0.3 is 29.7 Å². The molecule has 1 unspecified atom stereocenters. The van der Waals surface area contributed by atoms with Crippen LogP contribution in [0.1, 0.15) is 67.8 Å². The molecule has 0 spiro atoms. The molecule has 5 atom stereocenters. The zero-order chi connectivity index (χ0) is 27.1. The van der Waals surface area contributed by atoms with Gasteiger partial charge in [-0.1, -0.05) is 48.5 Å². The highest BCUT2D eigenvalue weighted by molar-refractivity contribution is 5.82. The van der Waals surface area contributed by atoms with E-state index >= 15 is 0 Å². The highest BCUT2D eigenvalue weighted by atomic mass is 16.7. The standard InChI is InChI=1S/C29H38N2O7/c1-19(36-20(2)34)28(35)30-15-21-5-11-24(12-6-21)29-37-26(16-31-13-3-4-25(31)18-33)14-27(38-29)23-9-7-22(17-32)8-10-23/h5-12,19,25-27,29,32-33H,3-4,13-18H2,1-2H3,(H,30,35)/t19-,25-,26-,27+,29?/m0/s1. The van der Waals surface area contributed by atoms with Crippen LogP contribution in [0.2, 0.25) is 0 Å². The second-order valence-electron chi connectivity index (χ2n) is 10.0. The van der Waals surface area contributed by atoms with E-state index in [1.54, 1.807) is 0 Å². The minimum Gasteiger partial charge on any atom is -0.453 e. The molecule has 4 rings (SSSR count). The van der Waals surface area contributed by atoms with Gasteiger partial charge in [0.1, 0.15) is 0 Å². The van der Waals surface area contributed by atoms with E-state index in [-0.39, 0.29) is 37.4 Å². The first-order valence-corrected chi connectivity index (χ1v) is 13.3. The highest BCUT2D eigenvalue weighted by Crippen LogP contribution is 2.38. The molecular formula is C29H38N2O7. The molecule has 9 heteroatoms. The number of carbonyl (C=O) groups excluding carboxylic acids is 2. The molecule has 2 fully saturated rings. The topological polar surface area (TPSA) is 118 Å². The minimum absolute atomic E-state index is 0.00680. The van der Waals surface area contributed by atoms with Crippen molar-refractivity contribution < 1.29 is 34.0 Å². The summed E-state index contributed by atoms with van der Waals surface area (Å²) in [4.78, 5) is 25.5. The fraction of sp³-hybridized carbons (Fsp3) is 0.517. The lowest BCUT2D eigenvalue weighted by atomic mass is 9.99. The van der Waals surface area contributed by atoms with Gasteiger partial charge >= 0.3 is 5.97 Å². The maximum atomic E-state index is 12.1. The molecule has 9 nitrogen and oxygen atoms in total. The van der Waals surface area contributed by atoms with E-state index in [0.717, 1.165) is 48.2 Å². The van der Waals surface area contributed by atoms with E-state index in [9.17, 15) is 19.8 Å². The predicted octanol–water partition coefficient (Wildman–Crippen LogP) is 2.75. The smallest absolute Gasteiger partial charge is 0.303 e. The number of aliphatic hydroxyl groups is 2. The molecule has 2 aromatic rings. The summed E-state index contributed by atoms with van der Waals surface area (Å²) in [5.41, 5.74) is 3.64. The number of esters is 1. The molecule has 206 valence electrons. The van der Waals surface area contributed by atoms with Gasteiger partial charge in [0.25, 0.3) is 5.91 Å². The number of nitrogens with one attached hydrogen (secondary N) is 1. The third kappa shape index (κ3) is 7.39. The number of hydrogen-bond acceptors (Lipinski definition) is 8. The average molecular weight is 527 g/mol. The summed E-state index contributed by atoms with van der Waals surface area (Å²) < 4.78 is 17.8. The number of aliphatic hydroxyl groups excluding tert-OH is 2. The van der Waals surface area contributed by atoms with Crippen LogP contribution in [0.15, 0.2) is 48.5 Å². The first-order valence-electron chi connectivity index (χ1n) is 13.3. The summed E-state index contributed by atoms with van der Waals surface area (Å²) in [7, 11) is 0. The van der Waals surface area contributed by atoms with Crippen molar-refractivity contribution in [2.75, 3.05) is 19.7 Å². The maximum Gasteiger partial charge on any atom is 0.303 e. The molecule has 38 heavy (non-hydrogen) atoms. The van der Waals surface area contributed by atoms with Gasteiger partial charge in [0.15, 0.2) is 12.4 Å². The number of nitrogens with zero attached hydrogens (tertiary/aromatic N) is 1. The Morgan fingerprint density at radius 1 is 1.05 bits per heavy atom. The quantitative estimate of drug-likeness (QED) is 0.405. The molecule has 1 amide bonds. The van der Waals surface area contributed by atoms with Crippen LogP contribution >= 0.6 is 0 Å². The Hall–Kier alpha value is -2.82. The minimum atomic E-state index is -0.850. The van der Waals surface area contributed by atoms with Crippen LogP contribution in [0, 0.1) is 0 Å². The summed E-state index contributed by atoms with van der Waals surface area (Å²) in [6.07, 6.45) is 1.08. The number of hydrogen-bond donors (Lipinski definition) is 3. The SMILES string of the molecule is CC(=O)O[C@@H](C)C(=O)NCc1ccc(C2O[C@H](CN3CCC[C@H]3CO)C[C@H](c3ccc(CO)cc3)O2)cc1. The third-order valence-electron chi connectivity index (χ3n) is 7.19. The Balaban J connectivity index is 1.44. The van der Waals surface area contributed by atoms with Gasteiger partial charge in [-0.2, -0.15) is 0 Å². The lowest BCUT2D eigenvalue weighted by Crippen LogP contribution is -2.42. The maximum absolute atomic E-state index is 12.1. The van der Waals surface area contributed by atoms with E-state index in [0.29, 0.717) is 13.0 Å². The molecule has 0 aliphatic carbocycles. The number of ether oxygens (including phenoxy) is 3. The lowest BCUT2D eigenvalue weighted by Gasteiger charge is -2.38. The average Bonchev–Trinajstić information content (AvgIpc) is 3.38. The van der Waals surface area contributed by atoms with Crippen LogP contribution in [0.3, 0.4) is 0 Å². The van der Waals surface area contributed by atoms with Crippen LogP contribution in [0.4, 0.5) is 0 Å². The van der Waals surface area contributed by atoms with Crippen molar-refractivity contribution in [2.45, 2.75) is 76.9 Å². The predicted molar refractivity (Wildman–Crippen MR) is 140 cm³/mol. The van der Waals surface area contributed by atoms with E-state index in [2.05, 4.69) is 10.2 Å². The first kappa shape index (κ1) is 28.2. The molecule has 0 saturated carbocycles. The summed E-state index contributed by atoms with van der Waals surface area (Å²) >= 11 is 0. The molecule has 2 heterocycles. The van der Waals surface area contributed by atoms with Gasteiger partial charge in [0, 0.05) is 38.0 Å². The van der Waals surface area contributed by atoms with Crippen LogP contribution < -0.4 is 5.32 Å². The molecule has 3 N–H and O–H groups in total. The third-order valence-corrected chi connectivity index (χ3v) is 7.19. The Kier molecular flexibility index (Phi) is 9.87. The van der Waals surface area contributed by atoms with Gasteiger partial charge in [-0.05, 0) is 43.0 Å². The molecule has 0 aromatic heterocycles. The largest absolute Gasteiger partial charge is 0.453 e. The van der Waals surface area contributed by atoms with Crippen molar-refractivity contribution in [1.29, 1.82) is 0 Å². The van der Waals surface area contributed by atoms with Gasteiger partial charge in [0.05, 0.1) is 25.4 Å². The van der Waals surface area contributed by atoms with Gasteiger partial charge in [0.2, 0.25) is 0 Å². The fourth-order valence-electron chi connectivity index (χ4n) is 5.06. The lowest BCUT2D eigenvalue weighted by molar-refractivity contribution is -0.253. The summed E-state index contributed by atoms with van der Waals surface area (Å²) in [6, 6.07) is 15.7. The van der Waals surface area contributed by atoms with Crippen LogP contribution in [0.25, 0.3) is 0 Å². The molecule has 2 aliphatic rings. The molecule has 0 radical (unpaired) electrons. The molecule has 2 saturated heterocycles. The zero-order valence-corrected chi connectivity index (χ0v) is 22.0. The number of benzene rings is 2. The second-order valence-corrected chi connectivity index (χ2v) is 10.0. The van der Waals surface area contributed by atoms with Gasteiger partial charge in [-0.25, -0.2) is 0 Å². The number of likely N-dealkylation sites (tertiary alicyclic amines) is 1. The number of amides is 1. The molecular weight excluding hydrogens is 488 g/mol. The van der Waals surface area contributed by atoms with Crippen molar-refractivity contribution >= 4 is 11.9 Å². The van der Waals surface area contributed by atoms with E-state index in [1.807, 2.05) is 48.5 Å². The zero-order valence-electron chi connectivity index (χ0n) is 22.0. The Morgan fingerprint density at radius 2 is 1.74 bits per heavy atom. The molecule has 0 bridgehead atoms. The van der Waals surface area contributed by atoms with Crippen molar-refractivity contribution in [3.05, 3.63) is 70.8 Å². The van der Waals surface area contributed by atoms with Crippen LogP contribution in [-0.4, -0.2) is 64.9 Å². The van der Waals surface area contributed by atoms with Crippen LogP contribution in [0.5, 0.6) is 0 Å². The normalized spacial score (nSPS) is 24.6. The monoisotopic (exact) mass is 526 g/mol. The van der Waals surface area contributed by atoms with Gasteiger partial charge in [-0.3, -0.25) is 14.5 Å². The Bertz CT molecular complexity index is 1060. The summed E-state index contributed by atoms with van der Waals surface area (Å²) in [5, 5.41) is 22.0. The second kappa shape index (κ2) is 13.3. The Labute approximate surface area is 223 Å². The summed E-state index contributed by atoms with van der Waals surface area (Å²) in [5.74, 6) is -0.855. The molecule has 2 aromatic carbocycles. The van der Waals surface area contributed by atoms with Crippen LogP contribution in [-0.2, 0) is 37.0 Å². The molecule has 2 aliphatic heterocycles. The first-order chi connectivity index (χ1) is 18.4. The van der Waals surface area contributed by atoms with Crippen molar-refractivity contribution in [1.82, 2.24) is 10.2 Å².